The van der Waals surface area contributed by atoms with Crippen molar-refractivity contribution in [2.75, 3.05) is 12.4 Å². The first-order chi connectivity index (χ1) is 12.1. The molecule has 1 amide bonds. The number of methoxy groups -OCH3 is 1. The Bertz CT molecular complexity index is 902. The molecule has 3 rings (SSSR count). The Hall–Kier alpha value is -3.12. The topological polar surface area (TPSA) is 87.2 Å². The maximum atomic E-state index is 12.5. The SMILES string of the molecule is COc1ccccc1-c1cc(C(=O)Nc2cc(CO)ccc2C)[nH]n1. The van der Waals surface area contributed by atoms with E-state index in [2.05, 4.69) is 15.5 Å². The predicted octanol–water partition coefficient (Wildman–Crippen LogP) is 3.14. The number of anilines is 1. The van der Waals surface area contributed by atoms with E-state index in [0.717, 1.165) is 16.7 Å². The molecule has 3 aromatic rings. The Labute approximate surface area is 145 Å². The zero-order valence-corrected chi connectivity index (χ0v) is 14.0. The second-order valence-corrected chi connectivity index (χ2v) is 5.63. The Morgan fingerprint density at radius 1 is 1.24 bits per heavy atom. The molecule has 1 heterocycles. The van der Waals surface area contributed by atoms with Gasteiger partial charge in [-0.1, -0.05) is 24.3 Å². The van der Waals surface area contributed by atoms with Crippen LogP contribution in [0.15, 0.2) is 48.5 Å². The van der Waals surface area contributed by atoms with Crippen LogP contribution < -0.4 is 10.1 Å². The number of aliphatic hydroxyl groups is 1. The van der Waals surface area contributed by atoms with E-state index in [0.29, 0.717) is 22.8 Å². The van der Waals surface area contributed by atoms with Gasteiger partial charge in [-0.25, -0.2) is 0 Å². The summed E-state index contributed by atoms with van der Waals surface area (Å²) in [5.74, 6) is 0.388. The Balaban J connectivity index is 1.84. The third kappa shape index (κ3) is 3.54. The minimum Gasteiger partial charge on any atom is -0.496 e. The van der Waals surface area contributed by atoms with Gasteiger partial charge < -0.3 is 15.2 Å². The van der Waals surface area contributed by atoms with Crippen molar-refractivity contribution in [1.29, 1.82) is 0 Å². The van der Waals surface area contributed by atoms with Gasteiger partial charge in [0, 0.05) is 11.3 Å². The molecule has 1 aromatic heterocycles. The Morgan fingerprint density at radius 3 is 2.80 bits per heavy atom. The quantitative estimate of drug-likeness (QED) is 0.667. The van der Waals surface area contributed by atoms with Gasteiger partial charge in [-0.2, -0.15) is 5.10 Å². The summed E-state index contributed by atoms with van der Waals surface area (Å²) in [6.45, 7) is 1.81. The highest BCUT2D eigenvalue weighted by molar-refractivity contribution is 6.04. The number of aryl methyl sites for hydroxylation is 1. The molecule has 0 saturated heterocycles. The summed E-state index contributed by atoms with van der Waals surface area (Å²) in [7, 11) is 1.59. The van der Waals surface area contributed by atoms with Gasteiger partial charge >= 0.3 is 0 Å². The highest BCUT2D eigenvalue weighted by atomic mass is 16.5. The molecule has 0 atom stereocenters. The van der Waals surface area contributed by atoms with Gasteiger partial charge in [-0.05, 0) is 42.3 Å². The fourth-order valence-electron chi connectivity index (χ4n) is 2.52. The molecule has 0 aliphatic rings. The number of carbonyl (C=O) groups is 1. The highest BCUT2D eigenvalue weighted by Crippen LogP contribution is 2.28. The molecule has 0 aliphatic carbocycles. The van der Waals surface area contributed by atoms with Crippen LogP contribution in [0.4, 0.5) is 5.69 Å². The molecule has 6 heteroatoms. The average molecular weight is 337 g/mol. The third-order valence-corrected chi connectivity index (χ3v) is 3.94. The summed E-state index contributed by atoms with van der Waals surface area (Å²) in [6, 6.07) is 14.6. The van der Waals surface area contributed by atoms with Crippen LogP contribution in [0.25, 0.3) is 11.3 Å². The van der Waals surface area contributed by atoms with Gasteiger partial charge in [0.2, 0.25) is 0 Å². The van der Waals surface area contributed by atoms with Gasteiger partial charge in [0.05, 0.1) is 19.4 Å². The molecule has 6 nitrogen and oxygen atoms in total. The molecular formula is C19H19N3O3. The number of nitrogens with one attached hydrogen (secondary N) is 2. The minimum atomic E-state index is -0.299. The van der Waals surface area contributed by atoms with Crippen molar-refractivity contribution in [3.63, 3.8) is 0 Å². The summed E-state index contributed by atoms with van der Waals surface area (Å²) in [4.78, 5) is 12.5. The van der Waals surface area contributed by atoms with Crippen LogP contribution in [0.2, 0.25) is 0 Å². The molecule has 0 radical (unpaired) electrons. The maximum absolute atomic E-state index is 12.5. The van der Waals surface area contributed by atoms with E-state index in [1.165, 1.54) is 0 Å². The molecular weight excluding hydrogens is 318 g/mol. The number of aliphatic hydroxyl groups excluding tert-OH is 1. The lowest BCUT2D eigenvalue weighted by molar-refractivity contribution is 0.102. The Kier molecular flexibility index (Phi) is 4.81. The molecule has 128 valence electrons. The van der Waals surface area contributed by atoms with E-state index in [1.807, 2.05) is 43.3 Å². The second-order valence-electron chi connectivity index (χ2n) is 5.63. The van der Waals surface area contributed by atoms with Crippen LogP contribution in [0, 0.1) is 6.92 Å². The lowest BCUT2D eigenvalue weighted by atomic mass is 10.1. The van der Waals surface area contributed by atoms with Gasteiger partial charge in [-0.3, -0.25) is 9.89 Å². The van der Waals surface area contributed by atoms with Crippen molar-refractivity contribution in [2.24, 2.45) is 0 Å². The van der Waals surface area contributed by atoms with Crippen LogP contribution in [0.5, 0.6) is 5.75 Å². The van der Waals surface area contributed by atoms with Gasteiger partial charge in [-0.15, -0.1) is 0 Å². The number of benzene rings is 2. The first-order valence-corrected chi connectivity index (χ1v) is 7.83. The van der Waals surface area contributed by atoms with Crippen molar-refractivity contribution >= 4 is 11.6 Å². The van der Waals surface area contributed by atoms with E-state index < -0.39 is 0 Å². The lowest BCUT2D eigenvalue weighted by Crippen LogP contribution is -2.13. The zero-order valence-electron chi connectivity index (χ0n) is 14.0. The molecule has 0 saturated carbocycles. The zero-order chi connectivity index (χ0) is 17.8. The van der Waals surface area contributed by atoms with E-state index >= 15 is 0 Å². The normalized spacial score (nSPS) is 10.5. The molecule has 0 fully saturated rings. The predicted molar refractivity (Wildman–Crippen MR) is 95.6 cm³/mol. The van der Waals surface area contributed by atoms with E-state index in [4.69, 9.17) is 4.74 Å². The number of hydrogen-bond acceptors (Lipinski definition) is 4. The molecule has 3 N–H and O–H groups in total. The molecule has 0 bridgehead atoms. The van der Waals surface area contributed by atoms with E-state index in [-0.39, 0.29) is 12.5 Å². The van der Waals surface area contributed by atoms with Crippen molar-refractivity contribution in [1.82, 2.24) is 10.2 Å². The number of nitrogens with zero attached hydrogens (tertiary/aromatic N) is 1. The van der Waals surface area contributed by atoms with Crippen molar-refractivity contribution in [3.8, 4) is 17.0 Å². The lowest BCUT2D eigenvalue weighted by Gasteiger charge is -2.09. The number of amides is 1. The highest BCUT2D eigenvalue weighted by Gasteiger charge is 2.14. The van der Waals surface area contributed by atoms with Crippen LogP contribution in [0.1, 0.15) is 21.6 Å². The van der Waals surface area contributed by atoms with Gasteiger partial charge in [0.15, 0.2) is 0 Å². The van der Waals surface area contributed by atoms with Gasteiger partial charge in [0.1, 0.15) is 11.4 Å². The van der Waals surface area contributed by atoms with Crippen LogP contribution >= 0.6 is 0 Å². The number of aromatic amines is 1. The number of ether oxygens (including phenoxy) is 1. The number of H-pyrrole nitrogens is 1. The maximum Gasteiger partial charge on any atom is 0.273 e. The number of carbonyl (C=O) groups excluding carboxylic acids is 1. The smallest absolute Gasteiger partial charge is 0.273 e. The van der Waals surface area contributed by atoms with Crippen molar-refractivity contribution < 1.29 is 14.6 Å². The molecule has 0 spiro atoms. The van der Waals surface area contributed by atoms with Gasteiger partial charge in [0.25, 0.3) is 5.91 Å². The number of hydrogen-bond donors (Lipinski definition) is 3. The second kappa shape index (κ2) is 7.19. The van der Waals surface area contributed by atoms with E-state index in [9.17, 15) is 9.90 Å². The standard InChI is InChI=1S/C19H19N3O3/c1-12-7-8-13(11-23)9-15(12)20-19(24)17-10-16(21-22-17)14-5-3-4-6-18(14)25-2/h3-10,23H,11H2,1-2H3,(H,20,24)(H,21,22). The fraction of sp³-hybridized carbons (Fsp3) is 0.158. The molecule has 2 aromatic carbocycles. The van der Waals surface area contributed by atoms with E-state index in [1.54, 1.807) is 19.2 Å². The minimum absolute atomic E-state index is 0.0782. The van der Waals surface area contributed by atoms with Crippen molar-refractivity contribution in [3.05, 3.63) is 65.4 Å². The molecule has 25 heavy (non-hydrogen) atoms. The number of para-hydroxylation sites is 1. The van der Waals surface area contributed by atoms with Crippen molar-refractivity contribution in [2.45, 2.75) is 13.5 Å². The molecule has 0 aliphatic heterocycles. The average Bonchev–Trinajstić information content (AvgIpc) is 3.13. The summed E-state index contributed by atoms with van der Waals surface area (Å²) >= 11 is 0. The third-order valence-electron chi connectivity index (χ3n) is 3.94. The number of rotatable bonds is 5. The molecule has 0 unspecified atom stereocenters. The fourth-order valence-corrected chi connectivity index (χ4v) is 2.52. The first-order valence-electron chi connectivity index (χ1n) is 7.83. The van der Waals surface area contributed by atoms with Crippen LogP contribution in [-0.4, -0.2) is 28.3 Å². The van der Waals surface area contributed by atoms with Crippen LogP contribution in [0.3, 0.4) is 0 Å². The summed E-state index contributed by atoms with van der Waals surface area (Å²) in [5.41, 5.74) is 4.08. The summed E-state index contributed by atoms with van der Waals surface area (Å²) < 4.78 is 5.33. The largest absolute Gasteiger partial charge is 0.496 e. The number of aromatic nitrogens is 2. The summed E-state index contributed by atoms with van der Waals surface area (Å²) in [6.07, 6.45) is 0. The summed E-state index contributed by atoms with van der Waals surface area (Å²) in [5, 5.41) is 19.0. The Morgan fingerprint density at radius 2 is 2.04 bits per heavy atom. The van der Waals surface area contributed by atoms with Crippen LogP contribution in [-0.2, 0) is 6.61 Å². The monoisotopic (exact) mass is 337 g/mol. The first kappa shape index (κ1) is 16.7.